The fourth-order valence-electron chi connectivity index (χ4n) is 3.12. The molecule has 1 aromatic heterocycles. The first-order valence-electron chi connectivity index (χ1n) is 9.46. The van der Waals surface area contributed by atoms with Gasteiger partial charge in [0.1, 0.15) is 24.4 Å². The second-order valence-electron chi connectivity index (χ2n) is 6.78. The minimum absolute atomic E-state index is 0.190. The molecular weight excluding hydrogens is 425 g/mol. The van der Waals surface area contributed by atoms with Crippen molar-refractivity contribution in [2.45, 2.75) is 13.0 Å². The Labute approximate surface area is 180 Å². The molecule has 0 bridgehead atoms. The molecule has 0 aliphatic heterocycles. The van der Waals surface area contributed by atoms with E-state index in [0.717, 1.165) is 11.2 Å². The molecule has 0 unspecified atom stereocenters. The molecule has 0 atom stereocenters. The summed E-state index contributed by atoms with van der Waals surface area (Å²) in [6, 6.07) is 17.9. The van der Waals surface area contributed by atoms with E-state index in [1.165, 1.54) is 31.4 Å². The number of nitrogens with zero attached hydrogens (tertiary/aromatic N) is 2. The first-order chi connectivity index (χ1) is 15.3. The van der Waals surface area contributed by atoms with Crippen molar-refractivity contribution in [2.24, 2.45) is 0 Å². The minimum atomic E-state index is -4.72. The van der Waals surface area contributed by atoms with Gasteiger partial charge in [-0.1, -0.05) is 12.1 Å². The van der Waals surface area contributed by atoms with Crippen LogP contribution in [0.1, 0.15) is 15.9 Å². The molecule has 0 aliphatic rings. The molecule has 0 aliphatic carbocycles. The second-order valence-corrected chi connectivity index (χ2v) is 6.78. The molecule has 164 valence electrons. The molecule has 0 N–H and O–H groups in total. The smallest absolute Gasteiger partial charge is 0.489 e. The maximum absolute atomic E-state index is 12.2. The maximum Gasteiger partial charge on any atom is 0.573 e. The van der Waals surface area contributed by atoms with Crippen LogP contribution in [0.4, 0.5) is 13.2 Å². The van der Waals surface area contributed by atoms with Crippen molar-refractivity contribution in [3.8, 4) is 17.2 Å². The number of hydrogen-bond donors (Lipinski definition) is 0. The van der Waals surface area contributed by atoms with Crippen molar-refractivity contribution in [2.75, 3.05) is 7.11 Å². The summed E-state index contributed by atoms with van der Waals surface area (Å²) in [5.41, 5.74) is 3.45. The Bertz CT molecular complexity index is 1230. The van der Waals surface area contributed by atoms with Crippen molar-refractivity contribution in [3.63, 3.8) is 0 Å². The van der Waals surface area contributed by atoms with Gasteiger partial charge in [-0.2, -0.15) is 0 Å². The van der Waals surface area contributed by atoms with Gasteiger partial charge >= 0.3 is 12.3 Å². The van der Waals surface area contributed by atoms with Gasteiger partial charge in [0.05, 0.1) is 23.7 Å². The number of ether oxygens (including phenoxy) is 3. The fraction of sp³-hybridized carbons (Fsp3) is 0.130. The molecule has 0 radical (unpaired) electrons. The first kappa shape index (κ1) is 21.2. The molecule has 32 heavy (non-hydrogen) atoms. The van der Waals surface area contributed by atoms with E-state index in [2.05, 4.69) is 9.72 Å². The van der Waals surface area contributed by atoms with Crippen LogP contribution in [0.5, 0.6) is 11.5 Å². The predicted octanol–water partition coefficient (Wildman–Crippen LogP) is 5.29. The number of alkyl halides is 3. The molecule has 9 heteroatoms. The highest BCUT2D eigenvalue weighted by atomic mass is 19.4. The number of carbonyl (C=O) groups excluding carboxylic acids is 1. The number of imidazole rings is 1. The summed E-state index contributed by atoms with van der Waals surface area (Å²) in [5, 5.41) is 0. The monoisotopic (exact) mass is 442 g/mol. The summed E-state index contributed by atoms with van der Waals surface area (Å²) in [5.74, 6) is -0.107. The normalized spacial score (nSPS) is 11.4. The van der Waals surface area contributed by atoms with Crippen molar-refractivity contribution < 1.29 is 32.2 Å². The lowest BCUT2D eigenvalue weighted by Crippen LogP contribution is -2.17. The van der Waals surface area contributed by atoms with Crippen LogP contribution < -0.4 is 9.47 Å². The summed E-state index contributed by atoms with van der Waals surface area (Å²) in [6.45, 7) is 0.190. The van der Waals surface area contributed by atoms with Crippen LogP contribution in [0.3, 0.4) is 0 Å². The van der Waals surface area contributed by atoms with Crippen LogP contribution >= 0.6 is 0 Å². The Morgan fingerprint density at radius 1 is 0.969 bits per heavy atom. The highest BCUT2D eigenvalue weighted by molar-refractivity contribution is 5.93. The number of carbonyl (C=O) groups is 1. The number of benzene rings is 3. The zero-order chi connectivity index (χ0) is 22.7. The minimum Gasteiger partial charge on any atom is -0.489 e. The molecule has 4 rings (SSSR count). The quantitative estimate of drug-likeness (QED) is 0.380. The van der Waals surface area contributed by atoms with Crippen LogP contribution in [-0.2, 0) is 11.3 Å². The first-order valence-corrected chi connectivity index (χ1v) is 9.46. The van der Waals surface area contributed by atoms with E-state index in [0.29, 0.717) is 22.4 Å². The molecule has 0 spiro atoms. The van der Waals surface area contributed by atoms with E-state index in [9.17, 15) is 18.0 Å². The standard InChI is InChI=1S/C23H17F3N2O4/c1-30-22(29)16-4-11-21-20(12-16)27-14-28(21)17-5-9-18(10-6-17)31-13-15-2-7-19(8-3-15)32-23(24,25)26/h2-12,14H,13H2,1H3. The SMILES string of the molecule is COC(=O)c1ccc2c(c1)ncn2-c1ccc(OCc2ccc(OC(F)(F)F)cc2)cc1. The van der Waals surface area contributed by atoms with E-state index in [1.807, 2.05) is 16.7 Å². The second kappa shape index (κ2) is 8.62. The number of esters is 1. The molecular formula is C23H17F3N2O4. The molecule has 1 heterocycles. The lowest BCUT2D eigenvalue weighted by molar-refractivity contribution is -0.274. The van der Waals surface area contributed by atoms with Gasteiger partial charge in [0.25, 0.3) is 0 Å². The average Bonchev–Trinajstić information content (AvgIpc) is 3.20. The van der Waals surface area contributed by atoms with Crippen LogP contribution in [0, 0.1) is 0 Å². The Morgan fingerprint density at radius 2 is 1.66 bits per heavy atom. The van der Waals surface area contributed by atoms with E-state index in [1.54, 1.807) is 36.7 Å². The summed E-state index contributed by atoms with van der Waals surface area (Å²) in [6.07, 6.45) is -3.06. The number of aromatic nitrogens is 2. The Hall–Kier alpha value is -4.01. The van der Waals surface area contributed by atoms with Crippen LogP contribution in [-0.4, -0.2) is 29.0 Å². The van der Waals surface area contributed by atoms with Gasteiger partial charge in [0, 0.05) is 5.69 Å². The predicted molar refractivity (Wildman–Crippen MR) is 110 cm³/mol. The molecule has 6 nitrogen and oxygen atoms in total. The molecule has 4 aromatic rings. The Kier molecular flexibility index (Phi) is 5.72. The summed E-state index contributed by atoms with van der Waals surface area (Å²) in [4.78, 5) is 16.0. The van der Waals surface area contributed by atoms with Crippen molar-refractivity contribution >= 4 is 17.0 Å². The molecule has 0 amide bonds. The summed E-state index contributed by atoms with van der Waals surface area (Å²) < 4.78 is 52.8. The van der Waals surface area contributed by atoms with E-state index in [-0.39, 0.29) is 12.4 Å². The number of methoxy groups -OCH3 is 1. The van der Waals surface area contributed by atoms with Crippen molar-refractivity contribution in [1.29, 1.82) is 0 Å². The summed E-state index contributed by atoms with van der Waals surface area (Å²) >= 11 is 0. The largest absolute Gasteiger partial charge is 0.573 e. The van der Waals surface area contributed by atoms with Crippen LogP contribution in [0.25, 0.3) is 16.7 Å². The third kappa shape index (κ3) is 4.83. The van der Waals surface area contributed by atoms with Gasteiger partial charge in [-0.15, -0.1) is 13.2 Å². The molecule has 0 saturated carbocycles. The Balaban J connectivity index is 1.43. The van der Waals surface area contributed by atoms with Gasteiger partial charge in [0.15, 0.2) is 0 Å². The molecule has 3 aromatic carbocycles. The van der Waals surface area contributed by atoms with Gasteiger partial charge < -0.3 is 14.2 Å². The lowest BCUT2D eigenvalue weighted by atomic mass is 10.2. The average molecular weight is 442 g/mol. The highest BCUT2D eigenvalue weighted by Gasteiger charge is 2.30. The number of halogens is 3. The maximum atomic E-state index is 12.2. The zero-order valence-corrected chi connectivity index (χ0v) is 16.8. The van der Waals surface area contributed by atoms with Gasteiger partial charge in [-0.3, -0.25) is 4.57 Å². The Morgan fingerprint density at radius 3 is 2.31 bits per heavy atom. The molecule has 0 fully saturated rings. The van der Waals surface area contributed by atoms with E-state index in [4.69, 9.17) is 9.47 Å². The van der Waals surface area contributed by atoms with E-state index < -0.39 is 12.3 Å². The number of hydrogen-bond acceptors (Lipinski definition) is 5. The van der Waals surface area contributed by atoms with Gasteiger partial charge in [-0.05, 0) is 60.2 Å². The lowest BCUT2D eigenvalue weighted by Gasteiger charge is -2.10. The van der Waals surface area contributed by atoms with Crippen LogP contribution in [0.15, 0.2) is 73.1 Å². The van der Waals surface area contributed by atoms with E-state index >= 15 is 0 Å². The highest BCUT2D eigenvalue weighted by Crippen LogP contribution is 2.24. The zero-order valence-electron chi connectivity index (χ0n) is 16.8. The number of rotatable bonds is 6. The topological polar surface area (TPSA) is 62.6 Å². The van der Waals surface area contributed by atoms with Crippen molar-refractivity contribution in [1.82, 2.24) is 9.55 Å². The molecule has 0 saturated heterocycles. The third-order valence-electron chi connectivity index (χ3n) is 4.65. The van der Waals surface area contributed by atoms with Gasteiger partial charge in [0.2, 0.25) is 0 Å². The van der Waals surface area contributed by atoms with Crippen LogP contribution in [0.2, 0.25) is 0 Å². The third-order valence-corrected chi connectivity index (χ3v) is 4.65. The fourth-order valence-corrected chi connectivity index (χ4v) is 3.12. The summed E-state index contributed by atoms with van der Waals surface area (Å²) in [7, 11) is 1.33. The number of fused-ring (bicyclic) bond motifs is 1. The van der Waals surface area contributed by atoms with Gasteiger partial charge in [-0.25, -0.2) is 9.78 Å². The van der Waals surface area contributed by atoms with Crippen molar-refractivity contribution in [3.05, 3.63) is 84.2 Å².